The molecule has 1 aromatic carbocycles. The van der Waals surface area contributed by atoms with E-state index in [-0.39, 0.29) is 36.1 Å². The van der Waals surface area contributed by atoms with E-state index in [1.807, 2.05) is 13.8 Å². The summed E-state index contributed by atoms with van der Waals surface area (Å²) in [4.78, 5) is 23.0. The summed E-state index contributed by atoms with van der Waals surface area (Å²) in [6.45, 7) is 5.15. The molecule has 0 bridgehead atoms. The molecular formula is C17H26N2O5S. The number of nitrogens with one attached hydrogen (secondary N) is 2. The van der Waals surface area contributed by atoms with Crippen LogP contribution in [0.1, 0.15) is 50.4 Å². The van der Waals surface area contributed by atoms with E-state index in [4.69, 9.17) is 0 Å². The molecule has 0 atom stereocenters. The maximum Gasteiger partial charge on any atom is 0.240 e. The van der Waals surface area contributed by atoms with Crippen LogP contribution in [0.4, 0.5) is 0 Å². The number of carbonyl (C=O) groups excluding carboxylic acids is 2. The predicted molar refractivity (Wildman–Crippen MR) is 94.8 cm³/mol. The summed E-state index contributed by atoms with van der Waals surface area (Å²) in [6.07, 6.45) is 1.01. The molecule has 1 aromatic rings. The second kappa shape index (κ2) is 9.07. The molecule has 25 heavy (non-hydrogen) atoms. The van der Waals surface area contributed by atoms with Gasteiger partial charge in [-0.05, 0) is 31.9 Å². The van der Waals surface area contributed by atoms with Crippen molar-refractivity contribution in [3.63, 3.8) is 0 Å². The largest absolute Gasteiger partial charge is 0.388 e. The minimum Gasteiger partial charge on any atom is -0.388 e. The van der Waals surface area contributed by atoms with Crippen molar-refractivity contribution in [2.75, 3.05) is 13.1 Å². The maximum absolute atomic E-state index is 12.1. The van der Waals surface area contributed by atoms with Gasteiger partial charge < -0.3 is 10.4 Å². The molecule has 0 saturated carbocycles. The smallest absolute Gasteiger partial charge is 0.240 e. The number of carbonyl (C=O) groups is 2. The Kier molecular flexibility index (Phi) is 7.72. The van der Waals surface area contributed by atoms with E-state index in [1.54, 1.807) is 0 Å². The van der Waals surface area contributed by atoms with Gasteiger partial charge in [0.2, 0.25) is 15.9 Å². The normalized spacial score (nSPS) is 12.0. The fourth-order valence-electron chi connectivity index (χ4n) is 2.10. The quantitative estimate of drug-likeness (QED) is 0.536. The molecule has 0 unspecified atom stereocenters. The van der Waals surface area contributed by atoms with Gasteiger partial charge in [0.15, 0.2) is 5.78 Å². The van der Waals surface area contributed by atoms with Crippen molar-refractivity contribution in [1.29, 1.82) is 0 Å². The first-order chi connectivity index (χ1) is 11.6. The van der Waals surface area contributed by atoms with E-state index >= 15 is 0 Å². The van der Waals surface area contributed by atoms with Crippen molar-refractivity contribution >= 4 is 21.7 Å². The molecule has 0 heterocycles. The molecule has 1 rings (SSSR count). The zero-order chi connectivity index (χ0) is 19.1. The van der Waals surface area contributed by atoms with Crippen molar-refractivity contribution in [2.24, 2.45) is 0 Å². The lowest BCUT2D eigenvalue weighted by Gasteiger charge is -2.25. The van der Waals surface area contributed by atoms with E-state index in [1.165, 1.54) is 31.2 Å². The Morgan fingerprint density at radius 1 is 1.12 bits per heavy atom. The summed E-state index contributed by atoms with van der Waals surface area (Å²) in [5.41, 5.74) is -0.508. The zero-order valence-electron chi connectivity index (χ0n) is 14.8. The van der Waals surface area contributed by atoms with Crippen LogP contribution in [0.5, 0.6) is 0 Å². The molecule has 0 spiro atoms. The van der Waals surface area contributed by atoms with Crippen LogP contribution < -0.4 is 10.0 Å². The minimum atomic E-state index is -3.74. The van der Waals surface area contributed by atoms with E-state index < -0.39 is 15.6 Å². The Hall–Kier alpha value is -1.77. The lowest BCUT2D eigenvalue weighted by atomic mass is 9.97. The van der Waals surface area contributed by atoms with Crippen LogP contribution in [0.15, 0.2) is 29.2 Å². The Morgan fingerprint density at radius 2 is 1.68 bits per heavy atom. The molecule has 0 fully saturated rings. The molecule has 0 aliphatic rings. The van der Waals surface area contributed by atoms with Crippen LogP contribution >= 0.6 is 0 Å². The number of aliphatic hydroxyl groups is 1. The molecule has 1 amide bonds. The topological polar surface area (TPSA) is 113 Å². The Labute approximate surface area is 148 Å². The van der Waals surface area contributed by atoms with Gasteiger partial charge in [-0.1, -0.05) is 26.0 Å². The van der Waals surface area contributed by atoms with Crippen molar-refractivity contribution < 1.29 is 23.1 Å². The van der Waals surface area contributed by atoms with Crippen LogP contribution in [0.25, 0.3) is 0 Å². The number of Topliss-reactive ketones (excluding diaryl/α,β-unsaturated/α-hetero) is 1. The van der Waals surface area contributed by atoms with Gasteiger partial charge in [0, 0.05) is 25.1 Å². The standard InChI is InChI=1S/C17H26N2O5S/c1-4-17(22,5-2)12-18-16(21)10-11-19-25(23,24)15-8-6-14(7-9-15)13(3)20/h6-9,19,22H,4-5,10-12H2,1-3H3,(H,18,21). The zero-order valence-corrected chi connectivity index (χ0v) is 15.6. The first-order valence-electron chi connectivity index (χ1n) is 8.23. The van der Waals surface area contributed by atoms with E-state index in [2.05, 4.69) is 10.0 Å². The molecule has 140 valence electrons. The molecule has 0 aliphatic carbocycles. The number of amides is 1. The second-order valence-corrected chi connectivity index (χ2v) is 7.70. The number of benzene rings is 1. The van der Waals surface area contributed by atoms with Crippen LogP contribution in [0, 0.1) is 0 Å². The van der Waals surface area contributed by atoms with Gasteiger partial charge in [0.1, 0.15) is 0 Å². The van der Waals surface area contributed by atoms with Gasteiger partial charge in [0.25, 0.3) is 0 Å². The van der Waals surface area contributed by atoms with Gasteiger partial charge in [-0.25, -0.2) is 13.1 Å². The Balaban J connectivity index is 2.51. The average molecular weight is 370 g/mol. The molecule has 0 aliphatic heterocycles. The van der Waals surface area contributed by atoms with Crippen molar-refractivity contribution in [2.45, 2.75) is 50.5 Å². The summed E-state index contributed by atoms with van der Waals surface area (Å²) in [5.74, 6) is -0.484. The molecule has 7 nitrogen and oxygen atoms in total. The highest BCUT2D eigenvalue weighted by atomic mass is 32.2. The molecule has 3 N–H and O–H groups in total. The van der Waals surface area contributed by atoms with Crippen molar-refractivity contribution in [3.8, 4) is 0 Å². The summed E-state index contributed by atoms with van der Waals surface area (Å²) in [7, 11) is -3.74. The van der Waals surface area contributed by atoms with Gasteiger partial charge >= 0.3 is 0 Å². The van der Waals surface area contributed by atoms with Crippen LogP contribution in [0.2, 0.25) is 0 Å². The number of hydrogen-bond donors (Lipinski definition) is 3. The first kappa shape index (κ1) is 21.3. The Morgan fingerprint density at radius 3 is 2.16 bits per heavy atom. The molecule has 0 radical (unpaired) electrons. The monoisotopic (exact) mass is 370 g/mol. The van der Waals surface area contributed by atoms with Gasteiger partial charge in [-0.2, -0.15) is 0 Å². The lowest BCUT2D eigenvalue weighted by Crippen LogP contribution is -2.42. The van der Waals surface area contributed by atoms with Crippen LogP contribution in [0.3, 0.4) is 0 Å². The third-order valence-electron chi connectivity index (χ3n) is 4.15. The number of hydrogen-bond acceptors (Lipinski definition) is 5. The van der Waals surface area contributed by atoms with E-state index in [0.29, 0.717) is 18.4 Å². The number of ketones is 1. The second-order valence-electron chi connectivity index (χ2n) is 5.94. The SMILES string of the molecule is CCC(O)(CC)CNC(=O)CCNS(=O)(=O)c1ccc(C(C)=O)cc1. The predicted octanol–water partition coefficient (Wildman–Crippen LogP) is 1.22. The third kappa shape index (κ3) is 6.56. The van der Waals surface area contributed by atoms with Gasteiger partial charge in [-0.3, -0.25) is 9.59 Å². The fourth-order valence-corrected chi connectivity index (χ4v) is 3.13. The van der Waals surface area contributed by atoms with Crippen molar-refractivity contribution in [3.05, 3.63) is 29.8 Å². The van der Waals surface area contributed by atoms with Crippen LogP contribution in [-0.4, -0.2) is 43.9 Å². The summed E-state index contributed by atoms with van der Waals surface area (Å²) in [5, 5.41) is 12.7. The first-order valence-corrected chi connectivity index (χ1v) is 9.71. The maximum atomic E-state index is 12.1. The molecule has 8 heteroatoms. The Bertz CT molecular complexity index is 694. The number of sulfonamides is 1. The molecular weight excluding hydrogens is 344 g/mol. The third-order valence-corrected chi connectivity index (χ3v) is 5.62. The van der Waals surface area contributed by atoms with Gasteiger partial charge in [-0.15, -0.1) is 0 Å². The average Bonchev–Trinajstić information content (AvgIpc) is 2.59. The van der Waals surface area contributed by atoms with Crippen LogP contribution in [-0.2, 0) is 14.8 Å². The fraction of sp³-hybridized carbons (Fsp3) is 0.529. The van der Waals surface area contributed by atoms with E-state index in [0.717, 1.165) is 0 Å². The summed E-state index contributed by atoms with van der Waals surface area (Å²) >= 11 is 0. The summed E-state index contributed by atoms with van der Waals surface area (Å²) in [6, 6.07) is 5.59. The van der Waals surface area contributed by atoms with E-state index in [9.17, 15) is 23.1 Å². The minimum absolute atomic E-state index is 0.0317. The molecule has 0 saturated heterocycles. The number of rotatable bonds is 10. The highest BCUT2D eigenvalue weighted by molar-refractivity contribution is 7.89. The highest BCUT2D eigenvalue weighted by Crippen LogP contribution is 2.13. The highest BCUT2D eigenvalue weighted by Gasteiger charge is 2.22. The van der Waals surface area contributed by atoms with Gasteiger partial charge in [0.05, 0.1) is 10.5 Å². The van der Waals surface area contributed by atoms with Crippen molar-refractivity contribution in [1.82, 2.24) is 10.0 Å². The summed E-state index contributed by atoms with van der Waals surface area (Å²) < 4.78 is 26.6. The molecule has 0 aromatic heterocycles. The lowest BCUT2D eigenvalue weighted by molar-refractivity contribution is -0.122.